The van der Waals surface area contributed by atoms with Gasteiger partial charge in [-0.05, 0) is 36.2 Å². The molecule has 2 aromatic rings. The van der Waals surface area contributed by atoms with Crippen molar-refractivity contribution in [2.75, 3.05) is 0 Å². The van der Waals surface area contributed by atoms with Gasteiger partial charge in [0.25, 0.3) is 0 Å². The quantitative estimate of drug-likeness (QED) is 0.580. The van der Waals surface area contributed by atoms with Gasteiger partial charge in [-0.15, -0.1) is 0 Å². The third-order valence-corrected chi connectivity index (χ3v) is 4.08. The zero-order chi connectivity index (χ0) is 15.6. The highest BCUT2D eigenvalue weighted by Gasteiger charge is 2.20. The standard InChI is InChI=1S/C14H12Br2N2O3/c1-8-4-10(15)5-13(18(19)20)14(8)21-11-3-2-9(7-17)12(16)6-11/h2-6H,7,17H2,1H3. The zero-order valence-corrected chi connectivity index (χ0v) is 14.3. The summed E-state index contributed by atoms with van der Waals surface area (Å²) in [5.41, 5.74) is 7.12. The van der Waals surface area contributed by atoms with Crippen molar-refractivity contribution < 1.29 is 9.66 Å². The second-order valence-corrected chi connectivity index (χ2v) is 6.16. The fourth-order valence-corrected chi connectivity index (χ4v) is 2.94. The maximum Gasteiger partial charge on any atom is 0.312 e. The molecule has 0 aliphatic carbocycles. The Hall–Kier alpha value is -1.44. The minimum atomic E-state index is -0.462. The van der Waals surface area contributed by atoms with Crippen LogP contribution in [0.1, 0.15) is 11.1 Å². The number of nitrogens with two attached hydrogens (primary N) is 1. The van der Waals surface area contributed by atoms with Gasteiger partial charge in [-0.2, -0.15) is 0 Å². The van der Waals surface area contributed by atoms with E-state index in [1.807, 2.05) is 6.07 Å². The highest BCUT2D eigenvalue weighted by atomic mass is 79.9. The van der Waals surface area contributed by atoms with Crippen LogP contribution in [0.25, 0.3) is 0 Å². The Morgan fingerprint density at radius 3 is 2.57 bits per heavy atom. The van der Waals surface area contributed by atoms with Crippen LogP contribution in [-0.2, 0) is 6.54 Å². The Morgan fingerprint density at radius 1 is 1.29 bits per heavy atom. The SMILES string of the molecule is Cc1cc(Br)cc([N+](=O)[O-])c1Oc1ccc(CN)c(Br)c1. The second-order valence-electron chi connectivity index (χ2n) is 4.39. The van der Waals surface area contributed by atoms with Crippen LogP contribution in [0.2, 0.25) is 0 Å². The maximum atomic E-state index is 11.2. The fraction of sp³-hybridized carbons (Fsp3) is 0.143. The van der Waals surface area contributed by atoms with Gasteiger partial charge >= 0.3 is 5.69 Å². The van der Waals surface area contributed by atoms with Crippen LogP contribution in [0.4, 0.5) is 5.69 Å². The topological polar surface area (TPSA) is 78.4 Å². The van der Waals surface area contributed by atoms with Crippen molar-refractivity contribution in [2.45, 2.75) is 13.5 Å². The molecule has 7 heteroatoms. The number of hydrogen-bond donors (Lipinski definition) is 1. The molecule has 0 bridgehead atoms. The highest BCUT2D eigenvalue weighted by molar-refractivity contribution is 9.10. The maximum absolute atomic E-state index is 11.2. The lowest BCUT2D eigenvalue weighted by atomic mass is 10.2. The molecule has 0 fully saturated rings. The third kappa shape index (κ3) is 3.61. The molecule has 0 saturated heterocycles. The van der Waals surface area contributed by atoms with E-state index in [4.69, 9.17) is 10.5 Å². The molecular formula is C14H12Br2N2O3. The van der Waals surface area contributed by atoms with E-state index < -0.39 is 4.92 Å². The average molecular weight is 416 g/mol. The summed E-state index contributed by atoms with van der Waals surface area (Å²) in [5, 5.41) is 11.2. The summed E-state index contributed by atoms with van der Waals surface area (Å²) in [6.45, 7) is 2.16. The monoisotopic (exact) mass is 414 g/mol. The lowest BCUT2D eigenvalue weighted by molar-refractivity contribution is -0.385. The van der Waals surface area contributed by atoms with E-state index in [1.165, 1.54) is 6.07 Å². The number of benzene rings is 2. The lowest BCUT2D eigenvalue weighted by Gasteiger charge is -2.11. The summed E-state index contributed by atoms with van der Waals surface area (Å²) < 4.78 is 7.15. The van der Waals surface area contributed by atoms with Gasteiger partial charge in [0.1, 0.15) is 5.75 Å². The Bertz CT molecular complexity index is 705. The molecule has 2 rings (SSSR count). The molecule has 110 valence electrons. The normalized spacial score (nSPS) is 10.5. The Kier molecular flexibility index (Phi) is 4.97. The van der Waals surface area contributed by atoms with Gasteiger partial charge in [0.15, 0.2) is 0 Å². The van der Waals surface area contributed by atoms with Crippen LogP contribution in [0.5, 0.6) is 11.5 Å². The van der Waals surface area contributed by atoms with Gasteiger partial charge in [0.2, 0.25) is 5.75 Å². The molecular weight excluding hydrogens is 404 g/mol. The number of ether oxygens (including phenoxy) is 1. The third-order valence-electron chi connectivity index (χ3n) is 2.88. The molecule has 0 spiro atoms. The lowest BCUT2D eigenvalue weighted by Crippen LogP contribution is -1.99. The molecule has 0 unspecified atom stereocenters. The first-order chi connectivity index (χ1) is 9.92. The summed E-state index contributed by atoms with van der Waals surface area (Å²) in [6.07, 6.45) is 0. The van der Waals surface area contributed by atoms with E-state index in [2.05, 4.69) is 31.9 Å². The summed E-state index contributed by atoms with van der Waals surface area (Å²) in [4.78, 5) is 10.7. The largest absolute Gasteiger partial charge is 0.450 e. The minimum absolute atomic E-state index is 0.0825. The number of nitrogens with zero attached hydrogens (tertiary/aromatic N) is 1. The van der Waals surface area contributed by atoms with Crippen molar-refractivity contribution in [3.63, 3.8) is 0 Å². The fourth-order valence-electron chi connectivity index (χ4n) is 1.86. The molecule has 2 N–H and O–H groups in total. The highest BCUT2D eigenvalue weighted by Crippen LogP contribution is 2.38. The van der Waals surface area contributed by atoms with Crippen molar-refractivity contribution in [3.05, 3.63) is 60.5 Å². The molecule has 0 aromatic heterocycles. The molecule has 0 amide bonds. The van der Waals surface area contributed by atoms with Crippen molar-refractivity contribution in [3.8, 4) is 11.5 Å². The van der Waals surface area contributed by atoms with Crippen molar-refractivity contribution in [1.82, 2.24) is 0 Å². The van der Waals surface area contributed by atoms with E-state index >= 15 is 0 Å². The summed E-state index contributed by atoms with van der Waals surface area (Å²) >= 11 is 6.65. The summed E-state index contributed by atoms with van der Waals surface area (Å²) in [7, 11) is 0. The minimum Gasteiger partial charge on any atom is -0.450 e. The van der Waals surface area contributed by atoms with Crippen molar-refractivity contribution in [2.24, 2.45) is 5.73 Å². The van der Waals surface area contributed by atoms with E-state index in [-0.39, 0.29) is 11.4 Å². The number of nitro groups is 1. The molecule has 0 heterocycles. The van der Waals surface area contributed by atoms with Crippen LogP contribution >= 0.6 is 31.9 Å². The molecule has 0 atom stereocenters. The number of rotatable bonds is 4. The van der Waals surface area contributed by atoms with E-state index in [9.17, 15) is 10.1 Å². The molecule has 0 aliphatic rings. The van der Waals surface area contributed by atoms with Gasteiger partial charge in [0.05, 0.1) is 4.92 Å². The Labute approximate surface area is 138 Å². The predicted octanol–water partition coefficient (Wildman–Crippen LogP) is 4.68. The van der Waals surface area contributed by atoms with Crippen LogP contribution in [-0.4, -0.2) is 4.92 Å². The number of aryl methyl sites for hydroxylation is 1. The molecule has 0 saturated carbocycles. The van der Waals surface area contributed by atoms with Gasteiger partial charge in [0, 0.05) is 21.6 Å². The van der Waals surface area contributed by atoms with Crippen LogP contribution < -0.4 is 10.5 Å². The molecule has 5 nitrogen and oxygen atoms in total. The van der Waals surface area contributed by atoms with Crippen molar-refractivity contribution >= 4 is 37.5 Å². The average Bonchev–Trinajstić information content (AvgIpc) is 2.41. The van der Waals surface area contributed by atoms with Gasteiger partial charge in [-0.3, -0.25) is 10.1 Å². The number of hydrogen-bond acceptors (Lipinski definition) is 4. The first-order valence-corrected chi connectivity index (χ1v) is 7.62. The molecule has 21 heavy (non-hydrogen) atoms. The first kappa shape index (κ1) is 15.9. The Morgan fingerprint density at radius 2 is 2.00 bits per heavy atom. The van der Waals surface area contributed by atoms with Crippen molar-refractivity contribution in [1.29, 1.82) is 0 Å². The smallest absolute Gasteiger partial charge is 0.312 e. The number of nitro benzene ring substituents is 1. The Balaban J connectivity index is 2.44. The van der Waals surface area contributed by atoms with Crippen LogP contribution in [0.3, 0.4) is 0 Å². The van der Waals surface area contributed by atoms with E-state index in [0.29, 0.717) is 22.3 Å². The first-order valence-electron chi connectivity index (χ1n) is 6.03. The van der Waals surface area contributed by atoms with Gasteiger partial charge in [-0.1, -0.05) is 37.9 Å². The van der Waals surface area contributed by atoms with Crippen LogP contribution in [0.15, 0.2) is 39.3 Å². The molecule has 0 radical (unpaired) electrons. The zero-order valence-electron chi connectivity index (χ0n) is 11.1. The van der Waals surface area contributed by atoms with Gasteiger partial charge in [-0.25, -0.2) is 0 Å². The number of halogens is 2. The second kappa shape index (κ2) is 6.55. The van der Waals surface area contributed by atoms with Crippen LogP contribution in [0, 0.1) is 17.0 Å². The molecule has 2 aromatic carbocycles. The van der Waals surface area contributed by atoms with E-state index in [1.54, 1.807) is 25.1 Å². The van der Waals surface area contributed by atoms with Gasteiger partial charge < -0.3 is 10.5 Å². The molecule has 0 aliphatic heterocycles. The summed E-state index contributed by atoms with van der Waals surface area (Å²) in [6, 6.07) is 8.49. The van der Waals surface area contributed by atoms with E-state index in [0.717, 1.165) is 10.0 Å². The predicted molar refractivity (Wildman–Crippen MR) is 87.6 cm³/mol. The summed E-state index contributed by atoms with van der Waals surface area (Å²) in [5.74, 6) is 0.739.